The highest BCUT2D eigenvalue weighted by Crippen LogP contribution is 2.53. The minimum absolute atomic E-state index is 0.143. The van der Waals surface area contributed by atoms with Gasteiger partial charge in [-0.3, -0.25) is 0 Å². The molecule has 8 aromatic carbocycles. The van der Waals surface area contributed by atoms with Crippen LogP contribution in [0.2, 0.25) is 0 Å². The summed E-state index contributed by atoms with van der Waals surface area (Å²) in [6, 6.07) is 57.9. The number of para-hydroxylation sites is 1. The van der Waals surface area contributed by atoms with Crippen LogP contribution in [0.15, 0.2) is 158 Å². The maximum Gasteiger partial charge on any atom is 0.212 e. The van der Waals surface area contributed by atoms with E-state index in [0.717, 1.165) is 60.1 Å². The van der Waals surface area contributed by atoms with Crippen molar-refractivity contribution >= 4 is 60.1 Å². The summed E-state index contributed by atoms with van der Waals surface area (Å²) in [4.78, 5) is 4.19. The van der Waals surface area contributed by atoms with Crippen LogP contribution in [0.4, 0.5) is 5.69 Å². The van der Waals surface area contributed by atoms with E-state index in [9.17, 15) is 5.26 Å². The van der Waals surface area contributed by atoms with Crippen LogP contribution in [0, 0.1) is 17.9 Å². The molecular formula is C51H32N4. The number of hydrogen-bond donors (Lipinski definition) is 0. The quantitative estimate of drug-likeness (QED) is 0.169. The van der Waals surface area contributed by atoms with E-state index in [1.165, 1.54) is 27.6 Å². The van der Waals surface area contributed by atoms with Crippen LogP contribution in [0.3, 0.4) is 0 Å². The van der Waals surface area contributed by atoms with Crippen molar-refractivity contribution in [1.82, 2.24) is 9.13 Å². The first kappa shape index (κ1) is 31.2. The molecule has 2 aromatic heterocycles. The normalized spacial score (nSPS) is 13.0. The third-order valence-electron chi connectivity index (χ3n) is 12.0. The highest BCUT2D eigenvalue weighted by molar-refractivity contribution is 6.22. The zero-order chi connectivity index (χ0) is 37.0. The van der Waals surface area contributed by atoms with Crippen LogP contribution in [0.25, 0.3) is 92.9 Å². The molecule has 0 aliphatic heterocycles. The van der Waals surface area contributed by atoms with Crippen LogP contribution in [0.5, 0.6) is 0 Å². The van der Waals surface area contributed by atoms with Crippen molar-refractivity contribution in [2.24, 2.45) is 0 Å². The summed E-state index contributed by atoms with van der Waals surface area (Å²) < 4.78 is 4.38. The molecule has 0 unspecified atom stereocenters. The highest BCUT2D eigenvalue weighted by Gasteiger charge is 2.37. The lowest BCUT2D eigenvalue weighted by atomic mass is 9.82. The van der Waals surface area contributed by atoms with Gasteiger partial charge in [-0.15, -0.1) is 0 Å². The second-order valence-corrected chi connectivity index (χ2v) is 15.1. The van der Waals surface area contributed by atoms with Crippen LogP contribution < -0.4 is 0 Å². The lowest BCUT2D eigenvalue weighted by molar-refractivity contribution is 0.661. The minimum atomic E-state index is -0.143. The highest BCUT2D eigenvalue weighted by atomic mass is 15.0. The maximum absolute atomic E-state index is 11.0. The predicted octanol–water partition coefficient (Wildman–Crippen LogP) is 13.4. The first-order chi connectivity index (χ1) is 27.0. The van der Waals surface area contributed by atoms with Gasteiger partial charge in [0.15, 0.2) is 0 Å². The van der Waals surface area contributed by atoms with Gasteiger partial charge < -0.3 is 9.13 Å². The third-order valence-corrected chi connectivity index (χ3v) is 12.0. The van der Waals surface area contributed by atoms with Gasteiger partial charge in [0.2, 0.25) is 5.69 Å². The van der Waals surface area contributed by atoms with E-state index in [1.807, 2.05) is 18.2 Å². The maximum atomic E-state index is 11.0. The Bertz CT molecular complexity index is 3360. The Morgan fingerprint density at radius 3 is 2.05 bits per heavy atom. The molecule has 256 valence electrons. The Labute approximate surface area is 318 Å². The summed E-state index contributed by atoms with van der Waals surface area (Å²) in [6.07, 6.45) is 0. The Morgan fingerprint density at radius 2 is 1.22 bits per heavy atom. The minimum Gasteiger partial charge on any atom is -0.319 e. The van der Waals surface area contributed by atoms with Crippen LogP contribution in [0.1, 0.15) is 30.5 Å². The first-order valence-electron chi connectivity index (χ1n) is 18.6. The molecule has 0 spiro atoms. The summed E-state index contributed by atoms with van der Waals surface area (Å²) in [5.41, 5.74) is 13.6. The fraction of sp³-hybridized carbons (Fsp3) is 0.0588. The number of aromatic nitrogens is 2. The van der Waals surface area contributed by atoms with E-state index in [1.54, 1.807) is 0 Å². The molecule has 0 bridgehead atoms. The van der Waals surface area contributed by atoms with Gasteiger partial charge in [-0.2, -0.15) is 5.26 Å². The molecule has 0 atom stereocenters. The van der Waals surface area contributed by atoms with Gasteiger partial charge in [0.25, 0.3) is 0 Å². The molecule has 0 saturated carbocycles. The molecule has 1 aliphatic carbocycles. The number of nitriles is 1. The number of benzene rings is 8. The zero-order valence-corrected chi connectivity index (χ0v) is 30.3. The molecule has 10 aromatic rings. The molecule has 0 saturated heterocycles. The van der Waals surface area contributed by atoms with Crippen molar-refractivity contribution in [2.75, 3.05) is 0 Å². The smallest absolute Gasteiger partial charge is 0.212 e. The zero-order valence-electron chi connectivity index (χ0n) is 30.3. The summed E-state index contributed by atoms with van der Waals surface area (Å²) in [6.45, 7) is 13.2. The van der Waals surface area contributed by atoms with Crippen LogP contribution >= 0.6 is 0 Å². The van der Waals surface area contributed by atoms with Gasteiger partial charge in [0.1, 0.15) is 6.07 Å². The number of rotatable bonds is 3. The van der Waals surface area contributed by atoms with E-state index < -0.39 is 0 Å². The molecule has 2 heterocycles. The summed E-state index contributed by atoms with van der Waals surface area (Å²) in [7, 11) is 0. The van der Waals surface area contributed by atoms with Gasteiger partial charge in [-0.1, -0.05) is 129 Å². The van der Waals surface area contributed by atoms with Crippen molar-refractivity contribution in [3.05, 3.63) is 186 Å². The Hall–Kier alpha value is -7.40. The number of hydrogen-bond acceptors (Lipinski definition) is 1. The van der Waals surface area contributed by atoms with Crippen molar-refractivity contribution in [3.8, 4) is 39.7 Å². The van der Waals surface area contributed by atoms with E-state index in [-0.39, 0.29) is 5.41 Å². The average molecular weight is 701 g/mol. The van der Waals surface area contributed by atoms with Gasteiger partial charge >= 0.3 is 0 Å². The monoisotopic (exact) mass is 700 g/mol. The van der Waals surface area contributed by atoms with Crippen molar-refractivity contribution in [1.29, 1.82) is 5.26 Å². The molecule has 11 rings (SSSR count). The fourth-order valence-corrected chi connectivity index (χ4v) is 9.48. The standard InChI is InChI=1S/C51H32N4/c1-51(2)39-19-11-9-17-36(39)49-40(51)23-26-45-50(49)37-18-10-12-20-42(37)55(45)47-28-34(30-52)46(29-41(47)53-3)54-43-24-22-33(31-13-5-4-6-14-31)27-38(43)48-35-16-8-7-15-32(35)21-25-44(48)54/h4-29H,1-2H3. The van der Waals surface area contributed by atoms with Gasteiger partial charge in [-0.05, 0) is 86.6 Å². The van der Waals surface area contributed by atoms with Gasteiger partial charge in [-0.25, -0.2) is 4.85 Å². The molecule has 0 radical (unpaired) electrons. The second kappa shape index (κ2) is 11.3. The Kier molecular flexibility index (Phi) is 6.40. The first-order valence-corrected chi connectivity index (χ1v) is 18.6. The van der Waals surface area contributed by atoms with E-state index in [2.05, 4.69) is 173 Å². The molecule has 1 aliphatic rings. The number of fused-ring (bicyclic) bond motifs is 12. The molecule has 55 heavy (non-hydrogen) atoms. The SMILES string of the molecule is [C-]#[N+]c1cc(-n2c3ccc(-c4ccccc4)cc3c3c4ccccc4ccc32)c(C#N)cc1-n1c2ccccc2c2c3c(ccc21)C(C)(C)c1ccccc1-3. The van der Waals surface area contributed by atoms with Gasteiger partial charge in [0.05, 0.1) is 45.6 Å². The molecule has 0 N–H and O–H groups in total. The van der Waals surface area contributed by atoms with Crippen molar-refractivity contribution in [3.63, 3.8) is 0 Å². The molecule has 0 fully saturated rings. The molecule has 0 amide bonds. The molecule has 4 heteroatoms. The molecular weight excluding hydrogens is 669 g/mol. The number of nitrogens with zero attached hydrogens (tertiary/aromatic N) is 4. The van der Waals surface area contributed by atoms with Gasteiger partial charge in [0, 0.05) is 27.0 Å². The van der Waals surface area contributed by atoms with E-state index in [4.69, 9.17) is 6.57 Å². The Balaban J connectivity index is 1.21. The summed E-state index contributed by atoms with van der Waals surface area (Å²) in [5, 5.41) is 17.8. The molecule has 4 nitrogen and oxygen atoms in total. The lowest BCUT2D eigenvalue weighted by Gasteiger charge is -2.21. The second-order valence-electron chi connectivity index (χ2n) is 15.1. The Morgan fingerprint density at radius 1 is 0.545 bits per heavy atom. The topological polar surface area (TPSA) is 38.0 Å². The lowest BCUT2D eigenvalue weighted by Crippen LogP contribution is -2.14. The van der Waals surface area contributed by atoms with Crippen molar-refractivity contribution < 1.29 is 0 Å². The van der Waals surface area contributed by atoms with Crippen molar-refractivity contribution in [2.45, 2.75) is 19.3 Å². The largest absolute Gasteiger partial charge is 0.319 e. The van der Waals surface area contributed by atoms with Crippen LogP contribution in [-0.4, -0.2) is 9.13 Å². The predicted molar refractivity (Wildman–Crippen MR) is 227 cm³/mol. The third kappa shape index (κ3) is 4.20. The average Bonchev–Trinajstić information content (AvgIpc) is 3.83. The van der Waals surface area contributed by atoms with E-state index >= 15 is 0 Å². The fourth-order valence-electron chi connectivity index (χ4n) is 9.48. The van der Waals surface area contributed by atoms with Crippen LogP contribution in [-0.2, 0) is 5.41 Å². The van der Waals surface area contributed by atoms with E-state index in [0.29, 0.717) is 22.6 Å². The summed E-state index contributed by atoms with van der Waals surface area (Å²) in [5.74, 6) is 0. The summed E-state index contributed by atoms with van der Waals surface area (Å²) >= 11 is 0.